The first-order chi connectivity index (χ1) is 10.8. The summed E-state index contributed by atoms with van der Waals surface area (Å²) in [5, 5.41) is 0. The highest BCUT2D eigenvalue weighted by Gasteiger charge is 2.36. The van der Waals surface area contributed by atoms with Gasteiger partial charge in [0.1, 0.15) is 0 Å². The topological polar surface area (TPSA) is 118 Å². The van der Waals surface area contributed by atoms with Crippen LogP contribution >= 0.6 is 12.4 Å². The first-order valence-corrected chi connectivity index (χ1v) is 10.7. The van der Waals surface area contributed by atoms with Crippen LogP contribution in [0.25, 0.3) is 0 Å². The molecule has 0 aliphatic heterocycles. The third-order valence-corrected chi connectivity index (χ3v) is 7.00. The number of sulfonamides is 2. The van der Waals surface area contributed by atoms with Crippen LogP contribution < -0.4 is 15.2 Å². The lowest BCUT2D eigenvalue weighted by Crippen LogP contribution is -2.52. The molecule has 10 heteroatoms. The molecule has 0 radical (unpaired) electrons. The van der Waals surface area contributed by atoms with E-state index in [2.05, 4.69) is 9.44 Å². The summed E-state index contributed by atoms with van der Waals surface area (Å²) in [6.07, 6.45) is 3.33. The predicted molar refractivity (Wildman–Crippen MR) is 96.1 cm³/mol. The number of halogens is 1. The summed E-state index contributed by atoms with van der Waals surface area (Å²) in [6.45, 7) is 0.0647. The molecule has 0 unspecified atom stereocenters. The number of benzene rings is 1. The van der Waals surface area contributed by atoms with E-state index in [0.717, 1.165) is 25.7 Å². The SMILES string of the molecule is Cl.NCC1(NS(=O)(=O)CCNS(=O)(=O)c2ccccc2)CCCC1. The Bertz CT molecular complexity index is 718. The maximum absolute atomic E-state index is 12.2. The fraction of sp³-hybridized carbons (Fsp3) is 0.571. The van der Waals surface area contributed by atoms with Crippen LogP contribution in [-0.2, 0) is 20.0 Å². The van der Waals surface area contributed by atoms with Gasteiger partial charge in [0.2, 0.25) is 20.0 Å². The average molecular weight is 398 g/mol. The van der Waals surface area contributed by atoms with Crippen molar-refractivity contribution in [3.63, 3.8) is 0 Å². The Balaban J connectivity index is 0.00000288. The Morgan fingerprint density at radius 3 is 2.17 bits per heavy atom. The molecule has 0 spiro atoms. The van der Waals surface area contributed by atoms with Crippen LogP contribution in [-0.4, -0.2) is 41.2 Å². The summed E-state index contributed by atoms with van der Waals surface area (Å²) in [6, 6.07) is 7.84. The van der Waals surface area contributed by atoms with Gasteiger partial charge in [-0.05, 0) is 25.0 Å². The van der Waals surface area contributed by atoms with Crippen molar-refractivity contribution in [2.45, 2.75) is 36.1 Å². The zero-order valence-electron chi connectivity index (χ0n) is 13.3. The molecule has 0 bridgehead atoms. The largest absolute Gasteiger partial charge is 0.329 e. The second kappa shape index (κ2) is 8.59. The lowest BCUT2D eigenvalue weighted by Gasteiger charge is -2.28. The molecule has 138 valence electrons. The fourth-order valence-corrected chi connectivity index (χ4v) is 5.38. The summed E-state index contributed by atoms with van der Waals surface area (Å²) < 4.78 is 53.4. The molecule has 1 saturated carbocycles. The Morgan fingerprint density at radius 1 is 1.04 bits per heavy atom. The standard InChI is InChI=1S/C14H23N3O4S2.ClH/c15-12-14(8-4-5-9-14)17-22(18,19)11-10-16-23(20,21)13-6-2-1-3-7-13;/h1-3,6-7,16-17H,4-5,8-12,15H2;1H. The van der Waals surface area contributed by atoms with Crippen LogP contribution in [0.5, 0.6) is 0 Å². The highest BCUT2D eigenvalue weighted by molar-refractivity contribution is 7.90. The molecule has 0 aromatic heterocycles. The first kappa shape index (κ1) is 21.3. The van der Waals surface area contributed by atoms with Gasteiger partial charge in [-0.1, -0.05) is 31.0 Å². The summed E-state index contributed by atoms with van der Waals surface area (Å²) in [4.78, 5) is 0.111. The van der Waals surface area contributed by atoms with Crippen LogP contribution in [0, 0.1) is 0 Å². The Labute approximate surface area is 149 Å². The third-order valence-electron chi connectivity index (χ3n) is 4.04. The van der Waals surface area contributed by atoms with E-state index in [1.165, 1.54) is 12.1 Å². The van der Waals surface area contributed by atoms with Gasteiger partial charge in [-0.15, -0.1) is 12.4 Å². The lowest BCUT2D eigenvalue weighted by molar-refractivity contribution is 0.399. The average Bonchev–Trinajstić information content (AvgIpc) is 2.96. The molecular formula is C14H24ClN3O4S2. The quantitative estimate of drug-likeness (QED) is 0.592. The number of hydrogen-bond acceptors (Lipinski definition) is 5. The molecule has 7 nitrogen and oxygen atoms in total. The van der Waals surface area contributed by atoms with Gasteiger partial charge in [0.15, 0.2) is 0 Å². The van der Waals surface area contributed by atoms with Crippen LogP contribution in [0.3, 0.4) is 0 Å². The predicted octanol–water partition coefficient (Wildman–Crippen LogP) is 0.578. The molecule has 0 atom stereocenters. The van der Waals surface area contributed by atoms with Gasteiger partial charge >= 0.3 is 0 Å². The van der Waals surface area contributed by atoms with E-state index >= 15 is 0 Å². The van der Waals surface area contributed by atoms with Crippen molar-refractivity contribution >= 4 is 32.5 Å². The highest BCUT2D eigenvalue weighted by atomic mass is 35.5. The Morgan fingerprint density at radius 2 is 1.62 bits per heavy atom. The van der Waals surface area contributed by atoms with Gasteiger partial charge in [-0.3, -0.25) is 0 Å². The Kier molecular flexibility index (Phi) is 7.64. The summed E-state index contributed by atoms with van der Waals surface area (Å²) >= 11 is 0. The molecule has 0 heterocycles. The van der Waals surface area contributed by atoms with Crippen LogP contribution in [0.15, 0.2) is 35.2 Å². The van der Waals surface area contributed by atoms with Gasteiger partial charge in [-0.2, -0.15) is 0 Å². The highest BCUT2D eigenvalue weighted by Crippen LogP contribution is 2.29. The molecule has 1 aromatic carbocycles. The minimum atomic E-state index is -3.70. The van der Waals surface area contributed by atoms with Gasteiger partial charge in [-0.25, -0.2) is 26.3 Å². The second-order valence-electron chi connectivity index (χ2n) is 5.82. The molecule has 2 rings (SSSR count). The summed E-state index contributed by atoms with van der Waals surface area (Å²) in [5.41, 5.74) is 5.14. The molecule has 4 N–H and O–H groups in total. The zero-order valence-corrected chi connectivity index (χ0v) is 15.7. The van der Waals surface area contributed by atoms with Crippen molar-refractivity contribution in [1.82, 2.24) is 9.44 Å². The summed E-state index contributed by atoms with van der Waals surface area (Å²) in [5.74, 6) is -0.319. The van der Waals surface area contributed by atoms with E-state index in [9.17, 15) is 16.8 Å². The number of nitrogens with two attached hydrogens (primary N) is 1. The van der Waals surface area contributed by atoms with Crippen molar-refractivity contribution in [3.8, 4) is 0 Å². The van der Waals surface area contributed by atoms with E-state index in [-0.39, 0.29) is 36.1 Å². The molecule has 1 fully saturated rings. The molecule has 0 saturated heterocycles. The molecule has 1 aliphatic rings. The third kappa shape index (κ3) is 5.68. The van der Waals surface area contributed by atoms with E-state index in [1.54, 1.807) is 18.2 Å². The zero-order chi connectivity index (χ0) is 17.0. The minimum absolute atomic E-state index is 0. The van der Waals surface area contributed by atoms with Crippen molar-refractivity contribution < 1.29 is 16.8 Å². The molecule has 1 aliphatic carbocycles. The van der Waals surface area contributed by atoms with Crippen LogP contribution in [0.2, 0.25) is 0 Å². The lowest BCUT2D eigenvalue weighted by atomic mass is 10.0. The molecule has 1 aromatic rings. The van der Waals surface area contributed by atoms with Crippen molar-refractivity contribution in [1.29, 1.82) is 0 Å². The number of rotatable bonds is 8. The maximum atomic E-state index is 12.2. The van der Waals surface area contributed by atoms with E-state index in [4.69, 9.17) is 5.73 Å². The number of nitrogens with one attached hydrogen (secondary N) is 2. The van der Waals surface area contributed by atoms with Crippen molar-refractivity contribution in [2.24, 2.45) is 5.73 Å². The first-order valence-electron chi connectivity index (χ1n) is 7.55. The molecular weight excluding hydrogens is 374 g/mol. The second-order valence-corrected chi connectivity index (χ2v) is 9.43. The van der Waals surface area contributed by atoms with Crippen LogP contribution in [0.4, 0.5) is 0 Å². The Hall–Kier alpha value is -0.710. The van der Waals surface area contributed by atoms with Gasteiger partial charge < -0.3 is 5.73 Å². The fourth-order valence-electron chi connectivity index (χ4n) is 2.77. The van der Waals surface area contributed by atoms with Gasteiger partial charge in [0, 0.05) is 18.6 Å². The van der Waals surface area contributed by atoms with Gasteiger partial charge in [0.25, 0.3) is 0 Å². The molecule has 0 amide bonds. The normalized spacial score (nSPS) is 17.4. The number of hydrogen-bond donors (Lipinski definition) is 3. The van der Waals surface area contributed by atoms with E-state index < -0.39 is 25.6 Å². The smallest absolute Gasteiger partial charge is 0.240 e. The maximum Gasteiger partial charge on any atom is 0.240 e. The van der Waals surface area contributed by atoms with E-state index in [0.29, 0.717) is 0 Å². The molecule has 24 heavy (non-hydrogen) atoms. The van der Waals surface area contributed by atoms with Gasteiger partial charge in [0.05, 0.1) is 10.6 Å². The van der Waals surface area contributed by atoms with Crippen LogP contribution in [0.1, 0.15) is 25.7 Å². The summed E-state index contributed by atoms with van der Waals surface area (Å²) in [7, 11) is -7.29. The van der Waals surface area contributed by atoms with E-state index in [1.807, 2.05) is 0 Å². The monoisotopic (exact) mass is 397 g/mol. The minimum Gasteiger partial charge on any atom is -0.329 e. The van der Waals surface area contributed by atoms with Crippen molar-refractivity contribution in [2.75, 3.05) is 18.8 Å². The van der Waals surface area contributed by atoms with Crippen molar-refractivity contribution in [3.05, 3.63) is 30.3 Å².